The van der Waals surface area contributed by atoms with E-state index in [1.807, 2.05) is 0 Å². The van der Waals surface area contributed by atoms with Crippen LogP contribution in [0.1, 0.15) is 16.2 Å². The molecule has 46 heavy (non-hydrogen) atoms. The Hall–Kier alpha value is -4.48. The number of rotatable bonds is 7. The summed E-state index contributed by atoms with van der Waals surface area (Å²) in [6.07, 6.45) is -6.17. The summed E-state index contributed by atoms with van der Waals surface area (Å²) in [5.41, 5.74) is 2.73. The Kier molecular flexibility index (Phi) is 8.61. The highest BCUT2D eigenvalue weighted by Crippen LogP contribution is 2.37. The van der Waals surface area contributed by atoms with Crippen LogP contribution in [0.25, 0.3) is 22.2 Å². The first-order chi connectivity index (χ1) is 21.5. The predicted molar refractivity (Wildman–Crippen MR) is 156 cm³/mol. The molecule has 1 fully saturated rings. The van der Waals surface area contributed by atoms with E-state index in [1.165, 1.54) is 18.1 Å². The van der Waals surface area contributed by atoms with E-state index in [-0.39, 0.29) is 45.3 Å². The Morgan fingerprint density at radius 2 is 1.89 bits per heavy atom. The Morgan fingerprint density at radius 3 is 2.50 bits per heavy atom. The standard InChI is InChI=1S/C27H22Cl2F5N7O5/c1-39-25(45)19-12(10-3-11(23(35)44)21(43)13(28)4-10)6-41(24(19)38-26(39)27(32,33)34)9-18(42)36-15-5-17(37-22(31)20(15)29)40-7-14(30)16(8-40)46-2/h3-6,14,16,43H,7-9H2,1-2H3,(H2,35,44)(H,36,37,42)/t14-,16+/m1/s1. The molecule has 1 aliphatic rings. The van der Waals surface area contributed by atoms with Crippen LogP contribution in [-0.4, -0.2) is 68.5 Å². The summed E-state index contributed by atoms with van der Waals surface area (Å²) < 4.78 is 76.6. The third kappa shape index (κ3) is 5.92. The van der Waals surface area contributed by atoms with Gasteiger partial charge < -0.3 is 30.4 Å². The maximum Gasteiger partial charge on any atom is 0.449 e. The first-order valence-electron chi connectivity index (χ1n) is 13.1. The molecule has 1 saturated heterocycles. The summed E-state index contributed by atoms with van der Waals surface area (Å²) in [7, 11) is 2.16. The molecule has 0 spiro atoms. The smallest absolute Gasteiger partial charge is 0.449 e. The second-order valence-corrected chi connectivity index (χ2v) is 11.0. The van der Waals surface area contributed by atoms with Crippen LogP contribution in [0.4, 0.5) is 33.5 Å². The molecule has 0 radical (unpaired) electrons. The molecule has 0 saturated carbocycles. The molecule has 2 atom stereocenters. The number of nitrogens with one attached hydrogen (secondary N) is 1. The second kappa shape index (κ2) is 12.0. The zero-order valence-electron chi connectivity index (χ0n) is 23.6. The number of amides is 2. The number of ether oxygens (including phenoxy) is 1. The number of phenols is 1. The molecule has 3 aromatic heterocycles. The van der Waals surface area contributed by atoms with Crippen LogP contribution < -0.4 is 21.5 Å². The Morgan fingerprint density at radius 1 is 1.20 bits per heavy atom. The van der Waals surface area contributed by atoms with Crippen LogP contribution in [-0.2, 0) is 29.3 Å². The summed E-state index contributed by atoms with van der Waals surface area (Å²) in [4.78, 5) is 47.1. The van der Waals surface area contributed by atoms with Gasteiger partial charge in [0.2, 0.25) is 17.7 Å². The van der Waals surface area contributed by atoms with Crippen molar-refractivity contribution in [1.82, 2.24) is 19.1 Å². The average Bonchev–Trinajstić information content (AvgIpc) is 3.53. The number of aromatic nitrogens is 4. The highest BCUT2D eigenvalue weighted by atomic mass is 35.5. The van der Waals surface area contributed by atoms with Gasteiger partial charge in [-0.1, -0.05) is 23.2 Å². The number of primary amides is 1. The Labute approximate surface area is 265 Å². The van der Waals surface area contributed by atoms with Gasteiger partial charge in [0.05, 0.1) is 28.2 Å². The van der Waals surface area contributed by atoms with E-state index in [9.17, 15) is 41.4 Å². The number of hydrogen-bond acceptors (Lipinski definition) is 8. The van der Waals surface area contributed by atoms with Crippen LogP contribution in [0, 0.1) is 5.95 Å². The number of alkyl halides is 4. The zero-order chi connectivity index (χ0) is 33.8. The topological polar surface area (TPSA) is 158 Å². The first-order valence-corrected chi connectivity index (χ1v) is 13.8. The molecule has 4 heterocycles. The fourth-order valence-electron chi connectivity index (χ4n) is 5.08. The van der Waals surface area contributed by atoms with Crippen LogP contribution in [0.3, 0.4) is 0 Å². The van der Waals surface area contributed by atoms with Crippen molar-refractivity contribution in [2.75, 3.05) is 30.4 Å². The fraction of sp³-hybridized carbons (Fsp3) is 0.296. The Balaban J connectivity index is 1.59. The molecule has 0 bridgehead atoms. The van der Waals surface area contributed by atoms with Gasteiger partial charge in [-0.05, 0) is 17.7 Å². The van der Waals surface area contributed by atoms with Crippen molar-refractivity contribution in [2.24, 2.45) is 12.8 Å². The molecule has 12 nitrogen and oxygen atoms in total. The quantitative estimate of drug-likeness (QED) is 0.195. The third-order valence-electron chi connectivity index (χ3n) is 7.31. The number of anilines is 2. The van der Waals surface area contributed by atoms with Crippen molar-refractivity contribution in [2.45, 2.75) is 25.0 Å². The van der Waals surface area contributed by atoms with Crippen molar-refractivity contribution in [3.8, 4) is 16.9 Å². The summed E-state index contributed by atoms with van der Waals surface area (Å²) >= 11 is 12.1. The van der Waals surface area contributed by atoms with Gasteiger partial charge in [0.1, 0.15) is 41.1 Å². The van der Waals surface area contributed by atoms with E-state index in [0.717, 1.165) is 29.9 Å². The molecule has 2 amide bonds. The fourth-order valence-corrected chi connectivity index (χ4v) is 5.44. The number of benzene rings is 1. The number of halogens is 7. The van der Waals surface area contributed by atoms with Crippen molar-refractivity contribution < 1.29 is 41.4 Å². The van der Waals surface area contributed by atoms with Gasteiger partial charge in [-0.2, -0.15) is 17.6 Å². The molecular formula is C27H22Cl2F5N7O5. The number of aromatic hydroxyl groups is 1. The lowest BCUT2D eigenvalue weighted by atomic mass is 10.0. The highest BCUT2D eigenvalue weighted by molar-refractivity contribution is 6.34. The van der Waals surface area contributed by atoms with Gasteiger partial charge in [0.25, 0.3) is 11.5 Å². The van der Waals surface area contributed by atoms with Gasteiger partial charge in [-0.25, -0.2) is 14.4 Å². The number of hydrogen-bond donors (Lipinski definition) is 3. The van der Waals surface area contributed by atoms with Crippen LogP contribution in [0.15, 0.2) is 29.2 Å². The lowest BCUT2D eigenvalue weighted by Gasteiger charge is -2.18. The molecule has 244 valence electrons. The van der Waals surface area contributed by atoms with E-state index >= 15 is 0 Å². The monoisotopic (exact) mass is 689 g/mol. The van der Waals surface area contributed by atoms with Gasteiger partial charge >= 0.3 is 6.18 Å². The van der Waals surface area contributed by atoms with Gasteiger partial charge in [-0.15, -0.1) is 0 Å². The summed E-state index contributed by atoms with van der Waals surface area (Å²) in [6.45, 7) is -0.933. The lowest BCUT2D eigenvalue weighted by molar-refractivity contribution is -0.147. The SMILES string of the molecule is CO[C@H]1CN(c2cc(NC(=O)Cn3cc(-c4cc(Cl)c(O)c(C(N)=O)c4)c4c(=O)n(C)c(C(F)(F)F)nc43)c(Cl)c(F)n2)C[C@H]1F. The van der Waals surface area contributed by atoms with Gasteiger partial charge in [-0.3, -0.25) is 19.0 Å². The summed E-state index contributed by atoms with van der Waals surface area (Å²) in [5, 5.41) is 11.2. The number of nitrogens with zero attached hydrogens (tertiary/aromatic N) is 5. The molecular weight excluding hydrogens is 668 g/mol. The van der Waals surface area contributed by atoms with Crippen LogP contribution >= 0.6 is 23.2 Å². The maximum absolute atomic E-state index is 14.7. The zero-order valence-corrected chi connectivity index (χ0v) is 25.1. The van der Waals surface area contributed by atoms with Gasteiger partial charge in [0.15, 0.2) is 0 Å². The minimum absolute atomic E-state index is 0.0190. The minimum atomic E-state index is -5.07. The lowest BCUT2D eigenvalue weighted by Crippen LogP contribution is -2.28. The molecule has 5 rings (SSSR count). The number of carbonyl (C=O) groups is 2. The second-order valence-electron chi connectivity index (χ2n) is 10.3. The van der Waals surface area contributed by atoms with E-state index in [1.54, 1.807) is 0 Å². The number of fused-ring (bicyclic) bond motifs is 1. The van der Waals surface area contributed by atoms with Crippen LogP contribution in [0.2, 0.25) is 10.0 Å². The van der Waals surface area contributed by atoms with Crippen molar-refractivity contribution in [3.05, 3.63) is 62.1 Å². The third-order valence-corrected chi connectivity index (χ3v) is 7.96. The molecule has 19 heteroatoms. The number of pyridine rings is 1. The van der Waals surface area contributed by atoms with Crippen molar-refractivity contribution in [1.29, 1.82) is 0 Å². The summed E-state index contributed by atoms with van der Waals surface area (Å²) in [5.74, 6) is -5.53. The molecule has 0 aliphatic carbocycles. The molecule has 1 aliphatic heterocycles. The Bertz CT molecular complexity index is 1970. The van der Waals surface area contributed by atoms with Crippen molar-refractivity contribution >= 4 is 57.6 Å². The maximum atomic E-state index is 14.7. The van der Waals surface area contributed by atoms with E-state index in [2.05, 4.69) is 15.3 Å². The van der Waals surface area contributed by atoms with E-state index in [4.69, 9.17) is 33.7 Å². The van der Waals surface area contributed by atoms with E-state index in [0.29, 0.717) is 0 Å². The van der Waals surface area contributed by atoms with Crippen LogP contribution in [0.5, 0.6) is 5.75 Å². The number of methoxy groups -OCH3 is 1. The predicted octanol–water partition coefficient (Wildman–Crippen LogP) is 3.88. The van der Waals surface area contributed by atoms with Gasteiger partial charge in [0, 0.05) is 38.5 Å². The van der Waals surface area contributed by atoms with Crippen molar-refractivity contribution in [3.63, 3.8) is 0 Å². The highest BCUT2D eigenvalue weighted by Gasteiger charge is 2.38. The first kappa shape index (κ1) is 32.9. The summed E-state index contributed by atoms with van der Waals surface area (Å²) in [6, 6.07) is 3.39. The molecule has 4 N–H and O–H groups in total. The molecule has 1 aromatic carbocycles. The average molecular weight is 690 g/mol. The minimum Gasteiger partial charge on any atom is -0.506 e. The normalized spacial score (nSPS) is 16.8. The molecule has 0 unspecified atom stereocenters. The van der Waals surface area contributed by atoms with E-state index < -0.39 is 81.5 Å². The molecule has 4 aromatic rings. The number of carbonyl (C=O) groups excluding carboxylic acids is 2. The largest absolute Gasteiger partial charge is 0.506 e. The number of nitrogens with two attached hydrogens (primary N) is 1.